The molecule has 1 rings (SSSR count). The summed E-state index contributed by atoms with van der Waals surface area (Å²) in [6, 6.07) is 0.244. The molecule has 1 atom stereocenters. The molecule has 92 valence electrons. The topological polar surface area (TPSA) is 58.2 Å². The largest absolute Gasteiger partial charge is 0.356 e. The maximum atomic E-state index is 11.4. The van der Waals surface area contributed by atoms with Gasteiger partial charge in [0.25, 0.3) is 0 Å². The molecule has 1 saturated carbocycles. The predicted molar refractivity (Wildman–Crippen MR) is 62.9 cm³/mol. The Morgan fingerprint density at radius 1 is 1.38 bits per heavy atom. The molecule has 16 heavy (non-hydrogen) atoms. The van der Waals surface area contributed by atoms with Crippen LogP contribution in [-0.2, 0) is 9.59 Å². The smallest absolute Gasteiger partial charge is 0.223 e. The molecule has 0 heterocycles. The monoisotopic (exact) mass is 226 g/mol. The highest BCUT2D eigenvalue weighted by atomic mass is 16.2. The molecular formula is C12H22N2O2. The lowest BCUT2D eigenvalue weighted by Gasteiger charge is -2.11. The highest BCUT2D eigenvalue weighted by Gasteiger charge is 2.28. The summed E-state index contributed by atoms with van der Waals surface area (Å²) in [5, 5.41) is 5.75. The maximum Gasteiger partial charge on any atom is 0.223 e. The number of amides is 2. The molecular weight excluding hydrogens is 204 g/mol. The highest BCUT2D eigenvalue weighted by Crippen LogP contribution is 2.28. The van der Waals surface area contributed by atoms with Crippen LogP contribution in [0.1, 0.15) is 46.0 Å². The van der Waals surface area contributed by atoms with E-state index in [2.05, 4.69) is 10.6 Å². The van der Waals surface area contributed by atoms with Gasteiger partial charge in [-0.1, -0.05) is 6.92 Å². The Labute approximate surface area is 97.2 Å². The molecule has 0 aromatic heterocycles. The van der Waals surface area contributed by atoms with E-state index in [0.717, 1.165) is 25.7 Å². The first-order chi connectivity index (χ1) is 7.63. The van der Waals surface area contributed by atoms with E-state index in [4.69, 9.17) is 0 Å². The van der Waals surface area contributed by atoms with Gasteiger partial charge >= 0.3 is 0 Å². The van der Waals surface area contributed by atoms with Crippen LogP contribution in [0.15, 0.2) is 0 Å². The van der Waals surface area contributed by atoms with Gasteiger partial charge < -0.3 is 10.6 Å². The summed E-state index contributed by atoms with van der Waals surface area (Å²) in [5.41, 5.74) is 0. The Kier molecular flexibility index (Phi) is 5.29. The van der Waals surface area contributed by atoms with Crippen molar-refractivity contribution in [1.29, 1.82) is 0 Å². The minimum Gasteiger partial charge on any atom is -0.356 e. The first-order valence-corrected chi connectivity index (χ1v) is 6.20. The molecule has 4 nitrogen and oxygen atoms in total. The molecule has 0 radical (unpaired) electrons. The molecule has 1 aliphatic carbocycles. The van der Waals surface area contributed by atoms with Crippen molar-refractivity contribution < 1.29 is 9.59 Å². The fourth-order valence-corrected chi connectivity index (χ4v) is 1.40. The zero-order chi connectivity index (χ0) is 12.0. The van der Waals surface area contributed by atoms with Crippen LogP contribution in [0.25, 0.3) is 0 Å². The van der Waals surface area contributed by atoms with Crippen LogP contribution in [0.3, 0.4) is 0 Å². The molecule has 1 fully saturated rings. The van der Waals surface area contributed by atoms with Crippen LogP contribution in [0.5, 0.6) is 0 Å². The summed E-state index contributed by atoms with van der Waals surface area (Å²) in [5.74, 6) is 0.492. The second-order valence-corrected chi connectivity index (χ2v) is 4.55. The van der Waals surface area contributed by atoms with Crippen LogP contribution in [-0.4, -0.2) is 24.4 Å². The quantitative estimate of drug-likeness (QED) is 0.641. The summed E-state index contributed by atoms with van der Waals surface area (Å²) in [6.45, 7) is 4.65. The number of carbonyl (C=O) groups is 2. The third-order valence-corrected chi connectivity index (χ3v) is 2.85. The van der Waals surface area contributed by atoms with Gasteiger partial charge in [0.1, 0.15) is 0 Å². The van der Waals surface area contributed by atoms with Crippen molar-refractivity contribution >= 4 is 11.8 Å². The van der Waals surface area contributed by atoms with Gasteiger partial charge in [0.15, 0.2) is 0 Å². The second kappa shape index (κ2) is 6.51. The average Bonchev–Trinajstić information content (AvgIpc) is 3.07. The van der Waals surface area contributed by atoms with E-state index in [0.29, 0.717) is 13.0 Å². The molecule has 0 spiro atoms. The van der Waals surface area contributed by atoms with Crippen LogP contribution in [0.2, 0.25) is 0 Å². The van der Waals surface area contributed by atoms with E-state index in [-0.39, 0.29) is 23.8 Å². The number of nitrogens with one attached hydrogen (secondary N) is 2. The SMILES string of the molecule is CC[C@H](C)NC(=O)CCCNC(=O)C1CC1. The molecule has 1 aliphatic rings. The first-order valence-electron chi connectivity index (χ1n) is 6.20. The van der Waals surface area contributed by atoms with Gasteiger partial charge in [-0.2, -0.15) is 0 Å². The fourth-order valence-electron chi connectivity index (χ4n) is 1.40. The maximum absolute atomic E-state index is 11.4. The molecule has 0 aromatic carbocycles. The summed E-state index contributed by atoms with van der Waals surface area (Å²) in [7, 11) is 0. The fraction of sp³-hybridized carbons (Fsp3) is 0.833. The van der Waals surface area contributed by atoms with Crippen molar-refractivity contribution in [3.63, 3.8) is 0 Å². The summed E-state index contributed by atoms with van der Waals surface area (Å²) in [4.78, 5) is 22.6. The van der Waals surface area contributed by atoms with Crippen LogP contribution >= 0.6 is 0 Å². The Bertz CT molecular complexity index is 249. The van der Waals surface area contributed by atoms with Crippen LogP contribution in [0.4, 0.5) is 0 Å². The Hall–Kier alpha value is -1.06. The Balaban J connectivity index is 1.97. The van der Waals surface area contributed by atoms with Crippen molar-refractivity contribution in [2.45, 2.75) is 52.0 Å². The molecule has 4 heteroatoms. The lowest BCUT2D eigenvalue weighted by molar-refractivity contribution is -0.123. The van der Waals surface area contributed by atoms with Crippen molar-refractivity contribution in [1.82, 2.24) is 10.6 Å². The van der Waals surface area contributed by atoms with Gasteiger partial charge in [0, 0.05) is 24.9 Å². The Morgan fingerprint density at radius 2 is 2.06 bits per heavy atom. The molecule has 0 bridgehead atoms. The summed E-state index contributed by atoms with van der Waals surface area (Å²) >= 11 is 0. The second-order valence-electron chi connectivity index (χ2n) is 4.55. The number of hydrogen-bond acceptors (Lipinski definition) is 2. The van der Waals surface area contributed by atoms with Crippen molar-refractivity contribution in [3.8, 4) is 0 Å². The van der Waals surface area contributed by atoms with Crippen molar-refractivity contribution in [2.75, 3.05) is 6.54 Å². The van der Waals surface area contributed by atoms with Gasteiger partial charge in [-0.25, -0.2) is 0 Å². The average molecular weight is 226 g/mol. The van der Waals surface area contributed by atoms with E-state index in [1.54, 1.807) is 0 Å². The zero-order valence-corrected chi connectivity index (χ0v) is 10.2. The minimum absolute atomic E-state index is 0.0787. The van der Waals surface area contributed by atoms with Gasteiger partial charge in [0.05, 0.1) is 0 Å². The molecule has 2 N–H and O–H groups in total. The third kappa shape index (κ3) is 5.14. The van der Waals surface area contributed by atoms with Gasteiger partial charge in [-0.3, -0.25) is 9.59 Å². The molecule has 0 aromatic rings. The highest BCUT2D eigenvalue weighted by molar-refractivity contribution is 5.81. The zero-order valence-electron chi connectivity index (χ0n) is 10.2. The van der Waals surface area contributed by atoms with Gasteiger partial charge in [0.2, 0.25) is 11.8 Å². The molecule has 0 unspecified atom stereocenters. The molecule has 0 aliphatic heterocycles. The van der Waals surface area contributed by atoms with Crippen molar-refractivity contribution in [2.24, 2.45) is 5.92 Å². The molecule has 0 saturated heterocycles. The number of carbonyl (C=O) groups excluding carboxylic acids is 2. The normalized spacial score (nSPS) is 16.6. The Morgan fingerprint density at radius 3 is 2.62 bits per heavy atom. The first kappa shape index (κ1) is 13.0. The van der Waals surface area contributed by atoms with Crippen molar-refractivity contribution in [3.05, 3.63) is 0 Å². The predicted octanol–water partition coefficient (Wildman–Crippen LogP) is 1.21. The summed E-state index contributed by atoms with van der Waals surface area (Å²) in [6.07, 6.45) is 4.22. The molecule has 2 amide bonds. The van der Waals surface area contributed by atoms with Gasteiger partial charge in [-0.05, 0) is 32.6 Å². The third-order valence-electron chi connectivity index (χ3n) is 2.85. The van der Waals surface area contributed by atoms with E-state index < -0.39 is 0 Å². The minimum atomic E-state index is 0.0787. The lowest BCUT2D eigenvalue weighted by Crippen LogP contribution is -2.33. The van der Waals surface area contributed by atoms with E-state index in [9.17, 15) is 9.59 Å². The van der Waals surface area contributed by atoms with Gasteiger partial charge in [-0.15, -0.1) is 0 Å². The van der Waals surface area contributed by atoms with E-state index in [1.165, 1.54) is 0 Å². The van der Waals surface area contributed by atoms with E-state index in [1.807, 2.05) is 13.8 Å². The number of hydrogen-bond donors (Lipinski definition) is 2. The standard InChI is InChI=1S/C12H22N2O2/c1-3-9(2)14-11(15)5-4-8-13-12(16)10-6-7-10/h9-10H,3-8H2,1-2H3,(H,13,16)(H,14,15)/t9-/m0/s1. The van der Waals surface area contributed by atoms with Crippen LogP contribution < -0.4 is 10.6 Å². The number of rotatable bonds is 7. The lowest BCUT2D eigenvalue weighted by atomic mass is 10.2. The summed E-state index contributed by atoms with van der Waals surface area (Å²) < 4.78 is 0. The van der Waals surface area contributed by atoms with Crippen LogP contribution in [0, 0.1) is 5.92 Å². The van der Waals surface area contributed by atoms with E-state index >= 15 is 0 Å².